The first-order chi connectivity index (χ1) is 20.6. The number of rotatable bonds is 6. The van der Waals surface area contributed by atoms with Crippen LogP contribution in [0.15, 0.2) is 48.6 Å². The van der Waals surface area contributed by atoms with Gasteiger partial charge in [-0.1, -0.05) is 12.6 Å². The van der Waals surface area contributed by atoms with Gasteiger partial charge in [0.15, 0.2) is 0 Å². The lowest BCUT2D eigenvalue weighted by atomic mass is 9.87. The lowest BCUT2D eigenvalue weighted by molar-refractivity contribution is 0.152. The van der Waals surface area contributed by atoms with E-state index in [4.69, 9.17) is 0 Å². The monoisotopic (exact) mass is 610 g/mol. The first-order valence-electron chi connectivity index (χ1n) is 14.6. The molecule has 0 aliphatic carbocycles. The van der Waals surface area contributed by atoms with E-state index in [0.29, 0.717) is 56.7 Å². The zero-order valence-electron chi connectivity index (χ0n) is 24.4. The maximum absolute atomic E-state index is 14.5. The quantitative estimate of drug-likeness (QED) is 0.403. The Kier molecular flexibility index (Phi) is 7.76. The van der Waals surface area contributed by atoms with Crippen LogP contribution in [0.25, 0.3) is 11.1 Å². The van der Waals surface area contributed by atoms with Crippen molar-refractivity contribution in [2.45, 2.75) is 51.1 Å². The van der Waals surface area contributed by atoms with Crippen molar-refractivity contribution in [1.82, 2.24) is 24.3 Å². The predicted molar refractivity (Wildman–Crippen MR) is 162 cm³/mol. The van der Waals surface area contributed by atoms with Crippen molar-refractivity contribution in [2.24, 2.45) is 7.05 Å². The van der Waals surface area contributed by atoms with Crippen molar-refractivity contribution >= 4 is 27.4 Å². The van der Waals surface area contributed by atoms with Gasteiger partial charge in [0.25, 0.3) is 6.43 Å². The molecule has 0 saturated carbocycles. The van der Waals surface area contributed by atoms with Crippen LogP contribution in [0.5, 0.6) is 0 Å². The van der Waals surface area contributed by atoms with E-state index in [1.165, 1.54) is 4.31 Å². The molecule has 3 aliphatic rings. The van der Waals surface area contributed by atoms with Gasteiger partial charge in [-0.25, -0.2) is 22.0 Å². The minimum absolute atomic E-state index is 0.0331. The van der Waals surface area contributed by atoms with Crippen molar-refractivity contribution in [3.63, 3.8) is 0 Å². The topological polar surface area (TPSA) is 90.8 Å². The number of urea groups is 1. The zero-order valence-corrected chi connectivity index (χ0v) is 25.2. The molecule has 0 bridgehead atoms. The van der Waals surface area contributed by atoms with Crippen LogP contribution >= 0.6 is 0 Å². The fourth-order valence-electron chi connectivity index (χ4n) is 6.73. The van der Waals surface area contributed by atoms with Gasteiger partial charge in [-0.2, -0.15) is 9.40 Å². The Morgan fingerprint density at radius 1 is 1.09 bits per heavy atom. The number of carbonyl (C=O) groups is 1. The first kappa shape index (κ1) is 29.3. The van der Waals surface area contributed by atoms with Gasteiger partial charge in [0.1, 0.15) is 0 Å². The fraction of sp³-hybridized carbons (Fsp3) is 0.419. The summed E-state index contributed by atoms with van der Waals surface area (Å²) >= 11 is 0. The number of sulfonamides is 1. The van der Waals surface area contributed by atoms with Gasteiger partial charge in [0.2, 0.25) is 10.0 Å². The first-order valence-corrected chi connectivity index (χ1v) is 16.1. The number of anilines is 2. The largest absolute Gasteiger partial charge is 0.341 e. The molecule has 1 N–H and O–H groups in total. The van der Waals surface area contributed by atoms with Gasteiger partial charge >= 0.3 is 6.03 Å². The summed E-state index contributed by atoms with van der Waals surface area (Å²) in [5, 5.41) is 7.91. The van der Waals surface area contributed by atoms with Gasteiger partial charge in [0.05, 0.1) is 12.7 Å². The maximum Gasteiger partial charge on any atom is 0.317 e. The third-order valence-electron chi connectivity index (χ3n) is 8.96. The Bertz CT molecular complexity index is 1680. The van der Waals surface area contributed by atoms with Crippen molar-refractivity contribution in [2.75, 3.05) is 31.6 Å². The van der Waals surface area contributed by atoms with Gasteiger partial charge in [-0.15, -0.1) is 0 Å². The second-order valence-corrected chi connectivity index (χ2v) is 13.4. The number of alkyl halides is 2. The van der Waals surface area contributed by atoms with Crippen molar-refractivity contribution in [3.05, 3.63) is 76.5 Å². The molecule has 1 aromatic heterocycles. The molecule has 9 nitrogen and oxygen atoms in total. The maximum atomic E-state index is 14.5. The summed E-state index contributed by atoms with van der Waals surface area (Å²) in [6.07, 6.45) is 3.64. The summed E-state index contributed by atoms with van der Waals surface area (Å²) in [6, 6.07) is 7.62. The highest BCUT2D eigenvalue weighted by atomic mass is 32.2. The van der Waals surface area contributed by atoms with Crippen LogP contribution in [0, 0.1) is 0 Å². The van der Waals surface area contributed by atoms with Gasteiger partial charge in [-0.3, -0.25) is 4.68 Å². The van der Waals surface area contributed by atoms with Gasteiger partial charge < -0.3 is 15.1 Å². The number of nitrogens with zero attached hydrogens (tertiary/aromatic N) is 5. The number of hydrogen-bond donors (Lipinski definition) is 1. The van der Waals surface area contributed by atoms with Gasteiger partial charge in [-0.05, 0) is 72.1 Å². The molecule has 0 unspecified atom stereocenters. The summed E-state index contributed by atoms with van der Waals surface area (Å²) in [5.41, 5.74) is 6.94. The van der Waals surface area contributed by atoms with E-state index in [-0.39, 0.29) is 17.5 Å². The zero-order chi connectivity index (χ0) is 30.5. The van der Waals surface area contributed by atoms with E-state index in [1.54, 1.807) is 42.1 Å². The van der Waals surface area contributed by atoms with Crippen LogP contribution in [0.2, 0.25) is 0 Å². The molecule has 1 fully saturated rings. The Hall–Kier alpha value is -3.77. The Morgan fingerprint density at radius 2 is 1.86 bits per heavy atom. The molecule has 12 heteroatoms. The molecule has 6 rings (SSSR count). The van der Waals surface area contributed by atoms with E-state index in [9.17, 15) is 22.0 Å². The van der Waals surface area contributed by atoms with Crippen molar-refractivity contribution in [3.8, 4) is 11.1 Å². The van der Waals surface area contributed by atoms with Crippen LogP contribution in [0.1, 0.15) is 59.4 Å². The fourth-order valence-corrected chi connectivity index (χ4v) is 7.66. The average molecular weight is 611 g/mol. The Balaban J connectivity index is 1.42. The number of benzene rings is 2. The van der Waals surface area contributed by atoms with Crippen LogP contribution in [0.4, 0.5) is 25.0 Å². The third kappa shape index (κ3) is 5.42. The number of fused-ring (bicyclic) bond motifs is 2. The normalized spacial score (nSPS) is 17.7. The van der Waals surface area contributed by atoms with Crippen LogP contribution < -0.4 is 10.2 Å². The van der Waals surface area contributed by atoms with Crippen molar-refractivity contribution in [1.29, 1.82) is 0 Å². The summed E-state index contributed by atoms with van der Waals surface area (Å²) in [6.45, 7) is 5.78. The predicted octanol–water partition coefficient (Wildman–Crippen LogP) is 5.42. The van der Waals surface area contributed by atoms with Crippen LogP contribution in [-0.2, 0) is 36.6 Å². The molecule has 228 valence electrons. The second kappa shape index (κ2) is 11.4. The minimum atomic E-state index is -3.48. The number of carbonyl (C=O) groups excluding carboxylic acids is 1. The highest BCUT2D eigenvalue weighted by molar-refractivity contribution is 7.92. The van der Waals surface area contributed by atoms with E-state index in [1.807, 2.05) is 6.07 Å². The molecular weight excluding hydrogens is 574 g/mol. The molecule has 3 aliphatic heterocycles. The minimum Gasteiger partial charge on any atom is -0.341 e. The Labute approximate surface area is 250 Å². The van der Waals surface area contributed by atoms with E-state index in [2.05, 4.69) is 34.0 Å². The molecule has 4 heterocycles. The molecule has 1 saturated heterocycles. The number of hydrogen-bond acceptors (Lipinski definition) is 5. The SMILES string of the molecule is C=CS(=O)(=O)N1CCC(c2cc3c(c(N4CCCc5cc(-c6cnn(C)c6)c(C(F)F)cc54)c2)CN(C(=O)NC)C3)CC1. The third-order valence-corrected chi connectivity index (χ3v) is 10.5. The summed E-state index contributed by atoms with van der Waals surface area (Å²) in [7, 11) is -0.103. The Morgan fingerprint density at radius 3 is 2.51 bits per heavy atom. The number of piperidine rings is 1. The van der Waals surface area contributed by atoms with Crippen LogP contribution in [-0.4, -0.2) is 60.1 Å². The molecule has 0 spiro atoms. The summed E-state index contributed by atoms with van der Waals surface area (Å²) in [4.78, 5) is 16.5. The second-order valence-electron chi connectivity index (χ2n) is 11.5. The molecule has 2 aromatic carbocycles. The van der Waals surface area contributed by atoms with Crippen LogP contribution in [0.3, 0.4) is 0 Å². The lowest BCUT2D eigenvalue weighted by Gasteiger charge is -2.35. The molecule has 0 radical (unpaired) electrons. The molecule has 3 aromatic rings. The molecular formula is C31H36F2N6O3S. The molecule has 2 amide bonds. The van der Waals surface area contributed by atoms with Gasteiger partial charge in [0, 0.05) is 79.9 Å². The summed E-state index contributed by atoms with van der Waals surface area (Å²) < 4.78 is 56.8. The number of aromatic nitrogens is 2. The number of aryl methyl sites for hydroxylation is 2. The number of nitrogens with one attached hydrogen (secondary N) is 1. The van der Waals surface area contributed by atoms with E-state index in [0.717, 1.165) is 51.9 Å². The number of amides is 2. The molecule has 43 heavy (non-hydrogen) atoms. The van der Waals surface area contributed by atoms with E-state index >= 15 is 0 Å². The standard InChI is InChI=1S/C31H36F2N6O3S/c1-4-43(41,42)38-10-7-20(8-11-38)22-12-23-18-37(31(40)34-2)19-27(23)29(14-22)39-9-5-6-21-13-25(24-16-35-36(3)17-24)26(30(32)33)15-28(21)39/h4,12-17,20,30H,1,5-11,18-19H2,2-3H3,(H,34,40). The molecule has 0 atom stereocenters. The smallest absolute Gasteiger partial charge is 0.317 e. The lowest BCUT2D eigenvalue weighted by Crippen LogP contribution is -2.36. The van der Waals surface area contributed by atoms with E-state index < -0.39 is 16.4 Å². The highest BCUT2D eigenvalue weighted by Gasteiger charge is 2.33. The van der Waals surface area contributed by atoms with Crippen molar-refractivity contribution < 1.29 is 22.0 Å². The number of halogens is 2. The summed E-state index contributed by atoms with van der Waals surface area (Å²) in [5.74, 6) is 0.128. The average Bonchev–Trinajstić information content (AvgIpc) is 3.65. The highest BCUT2D eigenvalue weighted by Crippen LogP contribution is 2.45.